The molecule has 0 saturated carbocycles. The highest BCUT2D eigenvalue weighted by Crippen LogP contribution is 2.47. The van der Waals surface area contributed by atoms with Crippen molar-refractivity contribution in [2.45, 2.75) is 4.90 Å². The summed E-state index contributed by atoms with van der Waals surface area (Å²) in [6.07, 6.45) is 0. The van der Waals surface area contributed by atoms with Crippen molar-refractivity contribution < 1.29 is 9.36 Å². The van der Waals surface area contributed by atoms with E-state index >= 15 is 0 Å². The van der Waals surface area contributed by atoms with Gasteiger partial charge in [-0.1, -0.05) is 72.8 Å². The van der Waals surface area contributed by atoms with Crippen LogP contribution in [0.5, 0.6) is 0 Å². The molecule has 0 fully saturated rings. The third kappa shape index (κ3) is 2.90. The lowest BCUT2D eigenvalue weighted by molar-refractivity contribution is 0.107. The maximum absolute atomic E-state index is 13.9. The molecule has 3 aromatic rings. The Morgan fingerprint density at radius 1 is 0.696 bits per heavy atom. The molecule has 0 bridgehead atoms. The molecular weight excluding hydrogens is 323 g/mol. The van der Waals surface area contributed by atoms with E-state index in [-0.39, 0.29) is 5.52 Å². The SMILES string of the molecule is O=C(c1ccccc1S)P(=O)(c1ccccc1)c1ccccc1. The summed E-state index contributed by atoms with van der Waals surface area (Å²) in [4.78, 5) is 13.7. The number of hydrogen-bond acceptors (Lipinski definition) is 3. The molecule has 3 rings (SSSR count). The highest BCUT2D eigenvalue weighted by atomic mass is 32.1. The molecule has 0 unspecified atom stereocenters. The lowest BCUT2D eigenvalue weighted by atomic mass is 10.2. The number of carbonyl (C=O) groups excluding carboxylic acids is 1. The Morgan fingerprint density at radius 2 is 1.13 bits per heavy atom. The molecule has 0 heterocycles. The quantitative estimate of drug-likeness (QED) is 0.573. The molecule has 0 amide bonds. The Labute approximate surface area is 141 Å². The number of hydrogen-bond donors (Lipinski definition) is 1. The van der Waals surface area contributed by atoms with Crippen LogP contribution in [0.4, 0.5) is 0 Å². The first kappa shape index (κ1) is 15.8. The van der Waals surface area contributed by atoms with Crippen molar-refractivity contribution in [3.05, 3.63) is 90.5 Å². The average molecular weight is 338 g/mol. The molecule has 3 aromatic carbocycles. The van der Waals surface area contributed by atoms with Gasteiger partial charge in [-0.3, -0.25) is 4.79 Å². The monoisotopic (exact) mass is 338 g/mol. The molecule has 4 heteroatoms. The fraction of sp³-hybridized carbons (Fsp3) is 0. The van der Waals surface area contributed by atoms with Gasteiger partial charge in [-0.05, 0) is 12.1 Å². The summed E-state index contributed by atoms with van der Waals surface area (Å²) in [5.41, 5.74) is -0.00706. The largest absolute Gasteiger partial charge is 0.305 e. The van der Waals surface area contributed by atoms with E-state index in [1.165, 1.54) is 0 Å². The minimum absolute atomic E-state index is 0.381. The first-order valence-electron chi connectivity index (χ1n) is 7.18. The third-order valence-corrected chi connectivity index (χ3v) is 6.91. The van der Waals surface area contributed by atoms with Crippen molar-refractivity contribution in [2.75, 3.05) is 0 Å². The summed E-state index contributed by atoms with van der Waals surface area (Å²) >= 11 is 4.35. The van der Waals surface area contributed by atoms with E-state index in [1.807, 2.05) is 12.1 Å². The van der Waals surface area contributed by atoms with Gasteiger partial charge in [0.2, 0.25) is 12.7 Å². The molecule has 0 aliphatic carbocycles. The Hall–Kier alpha value is -2.09. The fourth-order valence-corrected chi connectivity index (χ4v) is 5.32. The Kier molecular flexibility index (Phi) is 4.51. The van der Waals surface area contributed by atoms with Gasteiger partial charge in [0.05, 0.1) is 0 Å². The molecule has 0 atom stereocenters. The van der Waals surface area contributed by atoms with E-state index in [4.69, 9.17) is 0 Å². The standard InChI is InChI=1S/C19H15O2PS/c20-19(17-13-7-8-14-18(17)23)22(21,15-9-3-1-4-10-15)16-11-5-2-6-12-16/h1-14,23H. The molecule has 0 aliphatic rings. The molecule has 0 N–H and O–H groups in total. The molecule has 0 radical (unpaired) electrons. The van der Waals surface area contributed by atoms with Crippen LogP contribution >= 0.6 is 19.8 Å². The Bertz CT molecular complexity index is 833. The number of rotatable bonds is 4. The maximum Gasteiger partial charge on any atom is 0.231 e. The van der Waals surface area contributed by atoms with E-state index in [0.29, 0.717) is 21.1 Å². The van der Waals surface area contributed by atoms with Crippen LogP contribution in [-0.4, -0.2) is 5.52 Å². The van der Waals surface area contributed by atoms with E-state index in [1.54, 1.807) is 72.8 Å². The van der Waals surface area contributed by atoms with Crippen molar-refractivity contribution in [1.29, 1.82) is 0 Å². The van der Waals surface area contributed by atoms with Gasteiger partial charge in [-0.15, -0.1) is 12.6 Å². The van der Waals surface area contributed by atoms with E-state index in [9.17, 15) is 9.36 Å². The zero-order valence-corrected chi connectivity index (χ0v) is 14.1. The second-order valence-electron chi connectivity index (χ2n) is 5.10. The van der Waals surface area contributed by atoms with Crippen LogP contribution in [0, 0.1) is 0 Å². The molecule has 0 aliphatic heterocycles. The van der Waals surface area contributed by atoms with Crippen LogP contribution in [-0.2, 0) is 4.57 Å². The van der Waals surface area contributed by atoms with Crippen molar-refractivity contribution in [3.63, 3.8) is 0 Å². The highest BCUT2D eigenvalue weighted by molar-refractivity contribution is 7.93. The van der Waals surface area contributed by atoms with Crippen LogP contribution in [0.2, 0.25) is 0 Å². The van der Waals surface area contributed by atoms with E-state index in [2.05, 4.69) is 12.6 Å². The average Bonchev–Trinajstić information content (AvgIpc) is 2.62. The summed E-state index contributed by atoms with van der Waals surface area (Å²) in [5, 5.41) is 1.07. The number of benzene rings is 3. The van der Waals surface area contributed by atoms with Gasteiger partial charge in [-0.2, -0.15) is 0 Å². The van der Waals surface area contributed by atoms with Crippen molar-refractivity contribution >= 4 is 35.9 Å². The van der Waals surface area contributed by atoms with Crippen molar-refractivity contribution in [3.8, 4) is 0 Å². The van der Waals surface area contributed by atoms with Crippen LogP contribution < -0.4 is 10.6 Å². The van der Waals surface area contributed by atoms with Gasteiger partial charge >= 0.3 is 0 Å². The Morgan fingerprint density at radius 3 is 1.61 bits per heavy atom. The lowest BCUT2D eigenvalue weighted by Crippen LogP contribution is -2.22. The lowest BCUT2D eigenvalue weighted by Gasteiger charge is -2.18. The molecule has 0 aromatic heterocycles. The van der Waals surface area contributed by atoms with Gasteiger partial charge in [-0.25, -0.2) is 0 Å². The summed E-state index contributed by atoms with van der Waals surface area (Å²) < 4.78 is 13.9. The van der Waals surface area contributed by atoms with E-state index in [0.717, 1.165) is 0 Å². The molecular formula is C19H15O2PS. The van der Waals surface area contributed by atoms with Crippen LogP contribution in [0.15, 0.2) is 89.8 Å². The predicted molar refractivity (Wildman–Crippen MR) is 97.8 cm³/mol. The fourth-order valence-electron chi connectivity index (χ4n) is 2.48. The normalized spacial score (nSPS) is 11.2. The Balaban J connectivity index is 2.24. The first-order chi connectivity index (χ1) is 11.1. The van der Waals surface area contributed by atoms with Gasteiger partial charge in [0.15, 0.2) is 0 Å². The van der Waals surface area contributed by atoms with Gasteiger partial charge in [0, 0.05) is 21.1 Å². The van der Waals surface area contributed by atoms with Crippen LogP contribution in [0.3, 0.4) is 0 Å². The number of carbonyl (C=O) groups is 1. The topological polar surface area (TPSA) is 34.1 Å². The molecule has 0 spiro atoms. The van der Waals surface area contributed by atoms with Crippen LogP contribution in [0.25, 0.3) is 0 Å². The predicted octanol–water partition coefficient (Wildman–Crippen LogP) is 4.13. The molecule has 2 nitrogen and oxygen atoms in total. The summed E-state index contributed by atoms with van der Waals surface area (Å²) in [6.45, 7) is 0. The second-order valence-corrected chi connectivity index (χ2v) is 8.24. The summed E-state index contributed by atoms with van der Waals surface area (Å²) in [5.74, 6) is 0. The zero-order valence-electron chi connectivity index (χ0n) is 12.3. The maximum atomic E-state index is 13.9. The van der Waals surface area contributed by atoms with Crippen molar-refractivity contribution in [2.24, 2.45) is 0 Å². The molecule has 114 valence electrons. The van der Waals surface area contributed by atoms with Gasteiger partial charge < -0.3 is 4.57 Å². The second kappa shape index (κ2) is 6.57. The van der Waals surface area contributed by atoms with Crippen molar-refractivity contribution in [1.82, 2.24) is 0 Å². The zero-order chi connectivity index (χ0) is 16.3. The highest BCUT2D eigenvalue weighted by Gasteiger charge is 2.37. The molecule has 23 heavy (non-hydrogen) atoms. The third-order valence-electron chi connectivity index (χ3n) is 3.66. The van der Waals surface area contributed by atoms with Gasteiger partial charge in [0.25, 0.3) is 0 Å². The van der Waals surface area contributed by atoms with Crippen LogP contribution in [0.1, 0.15) is 10.4 Å². The smallest absolute Gasteiger partial charge is 0.231 e. The van der Waals surface area contributed by atoms with Gasteiger partial charge in [0.1, 0.15) is 0 Å². The molecule has 0 saturated heterocycles. The summed E-state index contributed by atoms with van der Waals surface area (Å²) in [6, 6.07) is 24.8. The minimum atomic E-state index is -3.45. The van der Waals surface area contributed by atoms with E-state index < -0.39 is 7.14 Å². The minimum Gasteiger partial charge on any atom is -0.305 e. The summed E-state index contributed by atoms with van der Waals surface area (Å²) in [7, 11) is -3.45. The number of thiol groups is 1. The first-order valence-corrected chi connectivity index (χ1v) is 9.33.